The van der Waals surface area contributed by atoms with Crippen molar-refractivity contribution in [2.75, 3.05) is 13.2 Å². The van der Waals surface area contributed by atoms with Crippen LogP contribution in [-0.2, 0) is 14.3 Å². The maximum absolute atomic E-state index is 13.0. The molecular weight excluding hydrogens is 803 g/mol. The van der Waals surface area contributed by atoms with Crippen molar-refractivity contribution in [3.63, 3.8) is 0 Å². The molecule has 0 aromatic heterocycles. The van der Waals surface area contributed by atoms with Crippen LogP contribution in [0, 0.1) is 0 Å². The van der Waals surface area contributed by atoms with E-state index < -0.39 is 49.5 Å². The van der Waals surface area contributed by atoms with E-state index in [1.165, 1.54) is 186 Å². The van der Waals surface area contributed by atoms with Crippen LogP contribution in [0.3, 0.4) is 0 Å². The summed E-state index contributed by atoms with van der Waals surface area (Å²) in [5.41, 5.74) is 0. The minimum Gasteiger partial charge on any atom is -0.394 e. The number of ether oxygens (including phenoxy) is 2. The number of rotatable bonds is 48. The van der Waals surface area contributed by atoms with Crippen molar-refractivity contribution < 1.29 is 39.8 Å². The molecule has 380 valence electrons. The predicted molar refractivity (Wildman–Crippen MR) is 267 cm³/mol. The molecule has 0 radical (unpaired) electrons. The number of carbonyl (C=O) groups is 1. The van der Waals surface area contributed by atoms with Crippen molar-refractivity contribution in [2.45, 2.75) is 320 Å². The van der Waals surface area contributed by atoms with Gasteiger partial charge in [0.15, 0.2) is 6.29 Å². The molecule has 0 aliphatic carbocycles. The number of aliphatic hydroxyl groups excluding tert-OH is 5. The average Bonchev–Trinajstić information content (AvgIpc) is 3.29. The Morgan fingerprint density at radius 3 is 1.31 bits per heavy atom. The molecule has 7 unspecified atom stereocenters. The van der Waals surface area contributed by atoms with Crippen molar-refractivity contribution in [3.05, 3.63) is 12.2 Å². The van der Waals surface area contributed by atoms with Crippen molar-refractivity contribution in [3.8, 4) is 0 Å². The number of hydrogen-bond donors (Lipinski definition) is 6. The first-order chi connectivity index (χ1) is 31.3. The zero-order valence-electron chi connectivity index (χ0n) is 42.1. The van der Waals surface area contributed by atoms with E-state index in [-0.39, 0.29) is 12.5 Å². The Bertz CT molecular complexity index is 1010. The second kappa shape index (κ2) is 45.7. The van der Waals surface area contributed by atoms with Gasteiger partial charge in [0.05, 0.1) is 25.4 Å². The van der Waals surface area contributed by atoms with E-state index in [1.807, 2.05) is 0 Å². The largest absolute Gasteiger partial charge is 0.394 e. The topological polar surface area (TPSA) is 149 Å². The Hall–Kier alpha value is -1.07. The van der Waals surface area contributed by atoms with Gasteiger partial charge in [-0.3, -0.25) is 4.79 Å². The number of amides is 1. The smallest absolute Gasteiger partial charge is 0.220 e. The molecule has 0 spiro atoms. The maximum atomic E-state index is 13.0. The third kappa shape index (κ3) is 35.1. The summed E-state index contributed by atoms with van der Waals surface area (Å²) in [6, 6.07) is -0.719. The van der Waals surface area contributed by atoms with Crippen molar-refractivity contribution in [2.24, 2.45) is 0 Å². The van der Waals surface area contributed by atoms with Crippen LogP contribution in [0.5, 0.6) is 0 Å². The van der Waals surface area contributed by atoms with Gasteiger partial charge in [-0.1, -0.05) is 251 Å². The highest BCUT2D eigenvalue weighted by Crippen LogP contribution is 2.23. The van der Waals surface area contributed by atoms with E-state index in [2.05, 4.69) is 31.3 Å². The molecule has 9 heteroatoms. The van der Waals surface area contributed by atoms with Gasteiger partial charge in [-0.05, 0) is 32.1 Å². The minimum absolute atomic E-state index is 0.138. The Balaban J connectivity index is 2.11. The second-order valence-electron chi connectivity index (χ2n) is 19.7. The molecule has 0 saturated carbocycles. The Morgan fingerprint density at radius 1 is 0.516 bits per heavy atom. The second-order valence-corrected chi connectivity index (χ2v) is 19.7. The molecule has 7 atom stereocenters. The van der Waals surface area contributed by atoms with E-state index in [4.69, 9.17) is 9.47 Å². The standard InChI is InChI=1S/C55H107NO8/c1-3-5-7-9-11-13-15-16-17-18-19-20-21-22-23-24-25-26-27-28-29-30-31-32-33-35-36-38-40-42-44-49(58)48(47-63-55-54(62)53(61)52(60)50(46-57)64-55)56-51(59)45-43-41-39-37-34-14-12-10-8-6-4-2/h10,12,48-50,52-55,57-58,60-62H,3-9,11,13-47H2,1-2H3,(H,56,59)/b12-10-. The fourth-order valence-electron chi connectivity index (χ4n) is 9.14. The molecular formula is C55H107NO8. The Labute approximate surface area is 395 Å². The lowest BCUT2D eigenvalue weighted by atomic mass is 9.99. The van der Waals surface area contributed by atoms with E-state index in [0.29, 0.717) is 12.8 Å². The zero-order valence-corrected chi connectivity index (χ0v) is 42.1. The van der Waals surface area contributed by atoms with Gasteiger partial charge in [0.2, 0.25) is 5.91 Å². The van der Waals surface area contributed by atoms with Crippen molar-refractivity contribution in [1.82, 2.24) is 5.32 Å². The molecule has 0 bridgehead atoms. The van der Waals surface area contributed by atoms with Crippen LogP contribution >= 0.6 is 0 Å². The number of hydrogen-bond acceptors (Lipinski definition) is 8. The quantitative estimate of drug-likeness (QED) is 0.0261. The first kappa shape index (κ1) is 60.9. The van der Waals surface area contributed by atoms with Gasteiger partial charge >= 0.3 is 0 Å². The fraction of sp³-hybridized carbons (Fsp3) is 0.945. The molecule has 1 heterocycles. The van der Waals surface area contributed by atoms with Crippen LogP contribution in [0.2, 0.25) is 0 Å². The summed E-state index contributed by atoms with van der Waals surface area (Å²) in [5.74, 6) is -0.152. The van der Waals surface area contributed by atoms with E-state index in [1.54, 1.807) is 0 Å². The molecule has 9 nitrogen and oxygen atoms in total. The summed E-state index contributed by atoms with van der Waals surface area (Å²) < 4.78 is 11.3. The van der Waals surface area contributed by atoms with Crippen LogP contribution in [0.15, 0.2) is 12.2 Å². The number of unbranched alkanes of at least 4 members (excludes halogenated alkanes) is 36. The van der Waals surface area contributed by atoms with Gasteiger partial charge in [0.1, 0.15) is 24.4 Å². The lowest BCUT2D eigenvalue weighted by Gasteiger charge is -2.40. The lowest BCUT2D eigenvalue weighted by Crippen LogP contribution is -2.60. The average molecular weight is 910 g/mol. The van der Waals surface area contributed by atoms with E-state index in [9.17, 15) is 30.3 Å². The molecule has 1 amide bonds. The summed E-state index contributed by atoms with van der Waals surface area (Å²) >= 11 is 0. The summed E-state index contributed by atoms with van der Waals surface area (Å²) in [6.07, 6.45) is 48.3. The molecule has 6 N–H and O–H groups in total. The molecule has 0 aromatic carbocycles. The highest BCUT2D eigenvalue weighted by Gasteiger charge is 2.44. The normalized spacial score (nSPS) is 20.0. The summed E-state index contributed by atoms with van der Waals surface area (Å²) in [5, 5.41) is 54.5. The number of nitrogens with one attached hydrogen (secondary N) is 1. The van der Waals surface area contributed by atoms with Crippen LogP contribution in [0.4, 0.5) is 0 Å². The SMILES string of the molecule is CCCC/C=C\CCCCCCCC(=O)NC(COC1OC(CO)C(O)C(O)C1O)C(O)CCCCCCCCCCCCCCCCCCCCCCCCCCCCCCCC. The van der Waals surface area contributed by atoms with Crippen LogP contribution in [0.1, 0.15) is 277 Å². The maximum Gasteiger partial charge on any atom is 0.220 e. The first-order valence-corrected chi connectivity index (χ1v) is 27.9. The van der Waals surface area contributed by atoms with Crippen molar-refractivity contribution in [1.29, 1.82) is 0 Å². The first-order valence-electron chi connectivity index (χ1n) is 27.9. The summed E-state index contributed by atoms with van der Waals surface area (Å²) in [7, 11) is 0. The van der Waals surface area contributed by atoms with Crippen LogP contribution in [-0.4, -0.2) is 87.5 Å². The lowest BCUT2D eigenvalue weighted by molar-refractivity contribution is -0.302. The van der Waals surface area contributed by atoms with Gasteiger partial charge in [0.25, 0.3) is 0 Å². The third-order valence-corrected chi connectivity index (χ3v) is 13.6. The molecule has 0 aromatic rings. The van der Waals surface area contributed by atoms with E-state index in [0.717, 1.165) is 64.2 Å². The Kier molecular flexibility index (Phi) is 43.5. The van der Waals surface area contributed by atoms with Gasteiger partial charge in [-0.25, -0.2) is 0 Å². The number of carbonyl (C=O) groups excluding carboxylic acids is 1. The van der Waals surface area contributed by atoms with Gasteiger partial charge in [0, 0.05) is 6.42 Å². The van der Waals surface area contributed by atoms with Gasteiger partial charge in [-0.2, -0.15) is 0 Å². The monoisotopic (exact) mass is 910 g/mol. The predicted octanol–water partition coefficient (Wildman–Crippen LogP) is 13.2. The summed E-state index contributed by atoms with van der Waals surface area (Å²) in [6.45, 7) is 3.81. The molecule has 1 saturated heterocycles. The third-order valence-electron chi connectivity index (χ3n) is 13.6. The number of aliphatic hydroxyl groups is 5. The van der Waals surface area contributed by atoms with E-state index >= 15 is 0 Å². The Morgan fingerprint density at radius 2 is 0.891 bits per heavy atom. The fourth-order valence-corrected chi connectivity index (χ4v) is 9.14. The highest BCUT2D eigenvalue weighted by atomic mass is 16.7. The molecule has 1 aliphatic rings. The molecule has 1 fully saturated rings. The molecule has 64 heavy (non-hydrogen) atoms. The highest BCUT2D eigenvalue weighted by molar-refractivity contribution is 5.76. The molecule has 1 rings (SSSR count). The zero-order chi connectivity index (χ0) is 46.6. The van der Waals surface area contributed by atoms with Crippen LogP contribution < -0.4 is 5.32 Å². The van der Waals surface area contributed by atoms with Crippen molar-refractivity contribution >= 4 is 5.91 Å². The van der Waals surface area contributed by atoms with Gasteiger partial charge < -0.3 is 40.3 Å². The van der Waals surface area contributed by atoms with Gasteiger partial charge in [-0.15, -0.1) is 0 Å². The number of allylic oxidation sites excluding steroid dienone is 2. The minimum atomic E-state index is -1.55. The van der Waals surface area contributed by atoms with Crippen LogP contribution in [0.25, 0.3) is 0 Å². The summed E-state index contributed by atoms with van der Waals surface area (Å²) in [4.78, 5) is 13.0. The molecule has 1 aliphatic heterocycles.